The molecular formula is C22H16F3NO3. The fraction of sp³-hybridized carbons (Fsp3) is 0.227. The molecule has 0 radical (unpaired) electrons. The Morgan fingerprint density at radius 3 is 2.41 bits per heavy atom. The molecule has 0 bridgehead atoms. The maximum atomic E-state index is 13.7. The molecule has 148 valence electrons. The molecule has 2 aliphatic heterocycles. The highest BCUT2D eigenvalue weighted by Crippen LogP contribution is 2.55. The van der Waals surface area contributed by atoms with E-state index in [0.29, 0.717) is 11.4 Å². The summed E-state index contributed by atoms with van der Waals surface area (Å²) in [6.07, 6.45) is -5.03. The van der Waals surface area contributed by atoms with E-state index in [2.05, 4.69) is 0 Å². The van der Waals surface area contributed by atoms with Crippen LogP contribution in [0.3, 0.4) is 0 Å². The van der Waals surface area contributed by atoms with Gasteiger partial charge in [-0.3, -0.25) is 4.79 Å². The number of hydrogen-bond acceptors (Lipinski definition) is 3. The topological polar surface area (TPSA) is 42.7 Å². The maximum absolute atomic E-state index is 13.7. The van der Waals surface area contributed by atoms with E-state index in [9.17, 15) is 18.0 Å². The zero-order valence-electron chi connectivity index (χ0n) is 15.4. The van der Waals surface area contributed by atoms with Gasteiger partial charge in [-0.25, -0.2) is 0 Å². The Balaban J connectivity index is 1.62. The number of nitrogens with zero attached hydrogens (tertiary/aromatic N) is 1. The maximum Gasteiger partial charge on any atom is 0.449 e. The lowest BCUT2D eigenvalue weighted by Gasteiger charge is -2.27. The first-order chi connectivity index (χ1) is 13.8. The van der Waals surface area contributed by atoms with Crippen molar-refractivity contribution >= 4 is 11.6 Å². The monoisotopic (exact) mass is 399 g/mol. The number of carbonyl (C=O) groups excluding carboxylic acids is 1. The quantitative estimate of drug-likeness (QED) is 0.615. The molecule has 0 fully saturated rings. The van der Waals surface area contributed by atoms with Gasteiger partial charge in [0.15, 0.2) is 0 Å². The van der Waals surface area contributed by atoms with Gasteiger partial charge in [0, 0.05) is 11.3 Å². The zero-order chi connectivity index (χ0) is 20.4. The van der Waals surface area contributed by atoms with E-state index in [0.717, 1.165) is 17.2 Å². The van der Waals surface area contributed by atoms with Gasteiger partial charge in [-0.1, -0.05) is 36.4 Å². The summed E-state index contributed by atoms with van der Waals surface area (Å²) in [4.78, 5) is 15.2. The number of ether oxygens (including phenoxy) is 1. The fourth-order valence-corrected chi connectivity index (χ4v) is 4.45. The molecule has 2 unspecified atom stereocenters. The van der Waals surface area contributed by atoms with Crippen LogP contribution in [0.4, 0.5) is 18.9 Å². The van der Waals surface area contributed by atoms with Gasteiger partial charge in [0.1, 0.15) is 23.0 Å². The Morgan fingerprint density at radius 2 is 1.69 bits per heavy atom. The summed E-state index contributed by atoms with van der Waals surface area (Å²) in [5.74, 6) is -0.606. The third kappa shape index (κ3) is 2.36. The van der Waals surface area contributed by atoms with Gasteiger partial charge < -0.3 is 14.1 Å². The van der Waals surface area contributed by atoms with Gasteiger partial charge in [0.2, 0.25) is 11.7 Å². The number of para-hydroxylation sites is 2. The van der Waals surface area contributed by atoms with Gasteiger partial charge in [0.25, 0.3) is 0 Å². The van der Waals surface area contributed by atoms with Gasteiger partial charge in [0.05, 0.1) is 6.54 Å². The average molecular weight is 399 g/mol. The normalized spacial score (nSPS) is 22.7. The Labute approximate surface area is 164 Å². The smallest absolute Gasteiger partial charge is 0.449 e. The minimum absolute atomic E-state index is 0.0670. The van der Waals surface area contributed by atoms with E-state index in [4.69, 9.17) is 9.15 Å². The van der Waals surface area contributed by atoms with Gasteiger partial charge >= 0.3 is 6.18 Å². The molecule has 2 aromatic carbocycles. The molecule has 5 rings (SSSR count). The lowest BCUT2D eigenvalue weighted by Crippen LogP contribution is -2.46. The van der Waals surface area contributed by atoms with Crippen molar-refractivity contribution in [3.8, 4) is 5.75 Å². The van der Waals surface area contributed by atoms with E-state index >= 15 is 0 Å². The Morgan fingerprint density at radius 1 is 1.00 bits per heavy atom. The minimum atomic E-state index is -4.57. The van der Waals surface area contributed by atoms with Crippen LogP contribution in [0, 0.1) is 0 Å². The Kier molecular flexibility index (Phi) is 3.62. The molecule has 1 amide bonds. The van der Waals surface area contributed by atoms with Crippen LogP contribution in [0.1, 0.15) is 29.6 Å². The highest BCUT2D eigenvalue weighted by Gasteiger charge is 2.60. The van der Waals surface area contributed by atoms with E-state index in [1.54, 1.807) is 12.1 Å². The van der Waals surface area contributed by atoms with Crippen LogP contribution in [0.2, 0.25) is 0 Å². The molecule has 7 heteroatoms. The summed E-state index contributed by atoms with van der Waals surface area (Å²) in [7, 11) is 0. The molecule has 1 spiro atoms. The van der Waals surface area contributed by atoms with Crippen LogP contribution in [-0.2, 0) is 22.9 Å². The molecule has 2 atom stereocenters. The van der Waals surface area contributed by atoms with E-state index in [1.165, 1.54) is 11.0 Å². The van der Waals surface area contributed by atoms with Crippen LogP contribution in [0.15, 0.2) is 65.1 Å². The van der Waals surface area contributed by atoms with Crippen molar-refractivity contribution in [3.63, 3.8) is 0 Å². The summed E-state index contributed by atoms with van der Waals surface area (Å²) < 4.78 is 49.7. The molecule has 4 nitrogen and oxygen atoms in total. The summed E-state index contributed by atoms with van der Waals surface area (Å²) in [5.41, 5.74) is 1.16. The molecule has 1 aromatic heterocycles. The summed E-state index contributed by atoms with van der Waals surface area (Å²) in [6, 6.07) is 16.8. The van der Waals surface area contributed by atoms with Crippen molar-refractivity contribution < 1.29 is 27.1 Å². The van der Waals surface area contributed by atoms with Crippen molar-refractivity contribution in [1.82, 2.24) is 0 Å². The lowest BCUT2D eigenvalue weighted by atomic mass is 9.73. The number of benzene rings is 2. The van der Waals surface area contributed by atoms with Crippen LogP contribution in [0.25, 0.3) is 0 Å². The number of anilines is 1. The molecule has 0 saturated heterocycles. The number of fused-ring (bicyclic) bond motifs is 4. The molecule has 29 heavy (non-hydrogen) atoms. The first-order valence-electron chi connectivity index (χ1n) is 9.17. The number of rotatable bonds is 2. The zero-order valence-corrected chi connectivity index (χ0v) is 15.4. The largest absolute Gasteiger partial charge is 0.489 e. The highest BCUT2D eigenvalue weighted by atomic mass is 19.4. The summed E-state index contributed by atoms with van der Waals surface area (Å²) in [6.45, 7) is 1.75. The van der Waals surface area contributed by atoms with Crippen molar-refractivity contribution in [2.45, 2.75) is 31.2 Å². The summed E-state index contributed by atoms with van der Waals surface area (Å²) >= 11 is 0. The number of hydrogen-bond donors (Lipinski definition) is 0. The second-order valence-corrected chi connectivity index (χ2v) is 7.24. The minimum Gasteiger partial charge on any atom is -0.489 e. The van der Waals surface area contributed by atoms with E-state index in [-0.39, 0.29) is 18.2 Å². The third-order valence-electron chi connectivity index (χ3n) is 5.68. The fourth-order valence-electron chi connectivity index (χ4n) is 4.45. The van der Waals surface area contributed by atoms with Crippen molar-refractivity contribution in [1.29, 1.82) is 0 Å². The number of amides is 1. The van der Waals surface area contributed by atoms with Crippen molar-refractivity contribution in [2.75, 3.05) is 4.90 Å². The van der Waals surface area contributed by atoms with Crippen molar-refractivity contribution in [3.05, 3.63) is 83.3 Å². The number of carbonyl (C=O) groups is 1. The standard InChI is InChI=1S/C22H16F3NO3/c1-13-21(16-7-3-5-9-18(16)28-13)15-6-2-4-8-17(15)26(20(21)27)12-14-10-11-19(29-14)22(23,24)25/h2-11,13H,12H2,1H3. The number of furan rings is 1. The number of halogens is 3. The molecule has 0 saturated carbocycles. The summed E-state index contributed by atoms with van der Waals surface area (Å²) in [5, 5.41) is 0. The van der Waals surface area contributed by atoms with E-state index in [1.807, 2.05) is 43.3 Å². The molecule has 3 heterocycles. The predicted molar refractivity (Wildman–Crippen MR) is 98.7 cm³/mol. The average Bonchev–Trinajstić information content (AvgIpc) is 3.34. The van der Waals surface area contributed by atoms with Crippen molar-refractivity contribution in [2.24, 2.45) is 0 Å². The van der Waals surface area contributed by atoms with Crippen LogP contribution in [0.5, 0.6) is 5.75 Å². The lowest BCUT2D eigenvalue weighted by molar-refractivity contribution is -0.153. The van der Waals surface area contributed by atoms with Gasteiger partial charge in [-0.05, 0) is 36.8 Å². The number of alkyl halides is 3. The SMILES string of the molecule is CC1Oc2ccccc2C12C(=O)N(Cc1ccc(C(F)(F)F)o1)c1ccccc12. The Bertz CT molecular complexity index is 1120. The molecule has 0 aliphatic carbocycles. The van der Waals surface area contributed by atoms with Crippen LogP contribution < -0.4 is 9.64 Å². The highest BCUT2D eigenvalue weighted by molar-refractivity contribution is 6.11. The van der Waals surface area contributed by atoms with Crippen LogP contribution in [-0.4, -0.2) is 12.0 Å². The second kappa shape index (κ2) is 5.89. The molecule has 0 N–H and O–H groups in total. The Hall–Kier alpha value is -3.22. The third-order valence-corrected chi connectivity index (χ3v) is 5.68. The molecular weight excluding hydrogens is 383 g/mol. The van der Waals surface area contributed by atoms with E-state index < -0.39 is 23.5 Å². The first kappa shape index (κ1) is 17.8. The molecule has 2 aliphatic rings. The van der Waals surface area contributed by atoms with Crippen LogP contribution >= 0.6 is 0 Å². The first-order valence-corrected chi connectivity index (χ1v) is 9.17. The molecule has 3 aromatic rings. The second-order valence-electron chi connectivity index (χ2n) is 7.24. The van der Waals surface area contributed by atoms with Gasteiger partial charge in [-0.2, -0.15) is 13.2 Å². The van der Waals surface area contributed by atoms with Gasteiger partial charge in [-0.15, -0.1) is 0 Å². The predicted octanol–water partition coefficient (Wildman–Crippen LogP) is 4.91.